The lowest BCUT2D eigenvalue weighted by atomic mass is 10.2. The minimum atomic E-state index is 0.0700. The summed E-state index contributed by atoms with van der Waals surface area (Å²) >= 11 is 0. The van der Waals surface area contributed by atoms with E-state index in [-0.39, 0.29) is 18.9 Å². The van der Waals surface area contributed by atoms with Crippen LogP contribution < -0.4 is 4.74 Å². The summed E-state index contributed by atoms with van der Waals surface area (Å²) in [5, 5.41) is 25.7. The lowest BCUT2D eigenvalue weighted by Crippen LogP contribution is -2.10. The SMILES string of the molecule is CCc1ccc(OCc2c(C#N)nnn2CCCO)cc1. The van der Waals surface area contributed by atoms with Gasteiger partial charge in [-0.2, -0.15) is 5.26 Å². The first-order valence-electron chi connectivity index (χ1n) is 6.93. The average molecular weight is 286 g/mol. The fourth-order valence-corrected chi connectivity index (χ4v) is 1.94. The highest BCUT2D eigenvalue weighted by molar-refractivity contribution is 5.28. The molecule has 1 aromatic carbocycles. The third kappa shape index (κ3) is 3.80. The minimum absolute atomic E-state index is 0.0700. The number of hydrogen-bond donors (Lipinski definition) is 1. The normalized spacial score (nSPS) is 10.3. The van der Waals surface area contributed by atoms with Crippen molar-refractivity contribution >= 4 is 0 Å². The minimum Gasteiger partial charge on any atom is -0.487 e. The zero-order valence-corrected chi connectivity index (χ0v) is 12.0. The molecule has 0 bridgehead atoms. The Hall–Kier alpha value is -2.39. The molecule has 0 amide bonds. The number of hydrogen-bond acceptors (Lipinski definition) is 5. The summed E-state index contributed by atoms with van der Waals surface area (Å²) in [6.45, 7) is 2.91. The summed E-state index contributed by atoms with van der Waals surface area (Å²) in [6, 6.07) is 9.86. The van der Waals surface area contributed by atoms with Gasteiger partial charge in [0.15, 0.2) is 5.69 Å². The molecule has 2 aromatic rings. The molecule has 0 aliphatic rings. The van der Waals surface area contributed by atoms with Crippen LogP contribution in [0.3, 0.4) is 0 Å². The summed E-state index contributed by atoms with van der Waals surface area (Å²) in [4.78, 5) is 0. The molecule has 0 saturated heterocycles. The maximum absolute atomic E-state index is 9.05. The van der Waals surface area contributed by atoms with Crippen LogP contribution >= 0.6 is 0 Å². The summed E-state index contributed by atoms with van der Waals surface area (Å²) in [5.41, 5.74) is 2.14. The lowest BCUT2D eigenvalue weighted by Gasteiger charge is -2.08. The van der Waals surface area contributed by atoms with Crippen LogP contribution in [0.15, 0.2) is 24.3 Å². The highest BCUT2D eigenvalue weighted by Crippen LogP contribution is 2.15. The molecule has 0 unspecified atom stereocenters. The first-order chi connectivity index (χ1) is 10.3. The van der Waals surface area contributed by atoms with Crippen LogP contribution in [0.25, 0.3) is 0 Å². The molecule has 0 fully saturated rings. The quantitative estimate of drug-likeness (QED) is 0.837. The van der Waals surface area contributed by atoms with E-state index in [1.165, 1.54) is 5.56 Å². The maximum atomic E-state index is 9.05. The molecule has 6 nitrogen and oxygen atoms in total. The van der Waals surface area contributed by atoms with Gasteiger partial charge in [0.2, 0.25) is 0 Å². The smallest absolute Gasteiger partial charge is 0.189 e. The predicted octanol–water partition coefficient (Wildman–Crippen LogP) is 1.67. The highest BCUT2D eigenvalue weighted by atomic mass is 16.5. The average Bonchev–Trinajstić information content (AvgIpc) is 2.93. The molecule has 0 aliphatic heterocycles. The van der Waals surface area contributed by atoms with Crippen molar-refractivity contribution in [3.63, 3.8) is 0 Å². The Bertz CT molecular complexity index is 614. The Labute approximate surface area is 123 Å². The van der Waals surface area contributed by atoms with Crippen molar-refractivity contribution in [2.75, 3.05) is 6.61 Å². The Balaban J connectivity index is 2.07. The summed E-state index contributed by atoms with van der Waals surface area (Å²) in [7, 11) is 0. The maximum Gasteiger partial charge on any atom is 0.189 e. The first-order valence-corrected chi connectivity index (χ1v) is 6.93. The van der Waals surface area contributed by atoms with Crippen molar-refractivity contribution in [3.8, 4) is 11.8 Å². The van der Waals surface area contributed by atoms with Crippen molar-refractivity contribution in [1.29, 1.82) is 5.26 Å². The number of rotatable bonds is 7. The number of nitrogens with zero attached hydrogens (tertiary/aromatic N) is 4. The van der Waals surface area contributed by atoms with Gasteiger partial charge in [0.1, 0.15) is 24.1 Å². The van der Waals surface area contributed by atoms with Crippen LogP contribution in [-0.2, 0) is 19.6 Å². The molecule has 0 aliphatic carbocycles. The van der Waals surface area contributed by atoms with Crippen LogP contribution in [0.4, 0.5) is 0 Å². The van der Waals surface area contributed by atoms with E-state index in [0.717, 1.165) is 12.2 Å². The molecular formula is C15H18N4O2. The second-order valence-corrected chi connectivity index (χ2v) is 4.58. The monoisotopic (exact) mass is 286 g/mol. The van der Waals surface area contributed by atoms with Crippen LogP contribution in [0.2, 0.25) is 0 Å². The number of aliphatic hydroxyl groups excluding tert-OH is 1. The van der Waals surface area contributed by atoms with Crippen molar-refractivity contribution in [3.05, 3.63) is 41.2 Å². The Morgan fingerprint density at radius 3 is 2.71 bits per heavy atom. The molecule has 110 valence electrons. The Morgan fingerprint density at radius 1 is 1.33 bits per heavy atom. The van der Waals surface area contributed by atoms with Gasteiger partial charge in [0.05, 0.1) is 0 Å². The molecule has 0 radical (unpaired) electrons. The van der Waals surface area contributed by atoms with Gasteiger partial charge in [0.25, 0.3) is 0 Å². The highest BCUT2D eigenvalue weighted by Gasteiger charge is 2.13. The van der Waals surface area contributed by atoms with Crippen LogP contribution in [0, 0.1) is 11.3 Å². The van der Waals surface area contributed by atoms with E-state index in [0.29, 0.717) is 18.7 Å². The first kappa shape index (κ1) is 15.0. The molecule has 6 heteroatoms. The van der Waals surface area contributed by atoms with Gasteiger partial charge in [-0.25, -0.2) is 4.68 Å². The lowest BCUT2D eigenvalue weighted by molar-refractivity contribution is 0.265. The number of nitriles is 1. The number of aromatic nitrogens is 3. The molecule has 21 heavy (non-hydrogen) atoms. The molecule has 0 saturated carbocycles. The van der Waals surface area contributed by atoms with E-state index < -0.39 is 0 Å². The van der Waals surface area contributed by atoms with Gasteiger partial charge < -0.3 is 9.84 Å². The fourth-order valence-electron chi connectivity index (χ4n) is 1.94. The van der Waals surface area contributed by atoms with Gasteiger partial charge in [-0.3, -0.25) is 0 Å². The van der Waals surface area contributed by atoms with Crippen molar-refractivity contribution < 1.29 is 9.84 Å². The molecule has 0 atom stereocenters. The van der Waals surface area contributed by atoms with Gasteiger partial charge >= 0.3 is 0 Å². The van der Waals surface area contributed by atoms with Gasteiger partial charge in [-0.1, -0.05) is 24.3 Å². The number of aryl methyl sites for hydroxylation is 2. The van der Waals surface area contributed by atoms with Gasteiger partial charge in [-0.05, 0) is 30.5 Å². The third-order valence-corrected chi connectivity index (χ3v) is 3.18. The van der Waals surface area contributed by atoms with E-state index in [9.17, 15) is 0 Å². The second-order valence-electron chi connectivity index (χ2n) is 4.58. The van der Waals surface area contributed by atoms with Crippen molar-refractivity contribution in [2.45, 2.75) is 32.9 Å². The van der Waals surface area contributed by atoms with E-state index in [2.05, 4.69) is 17.2 Å². The van der Waals surface area contributed by atoms with E-state index in [4.69, 9.17) is 15.1 Å². The summed E-state index contributed by atoms with van der Waals surface area (Å²) in [5.74, 6) is 0.742. The number of ether oxygens (including phenoxy) is 1. The third-order valence-electron chi connectivity index (χ3n) is 3.18. The number of aliphatic hydroxyl groups is 1. The van der Waals surface area contributed by atoms with Crippen LogP contribution in [0.5, 0.6) is 5.75 Å². The van der Waals surface area contributed by atoms with E-state index in [1.54, 1.807) is 4.68 Å². The Kier molecular flexibility index (Phi) is 5.29. The summed E-state index contributed by atoms with van der Waals surface area (Å²) in [6.07, 6.45) is 1.54. The second kappa shape index (κ2) is 7.41. The number of benzene rings is 1. The Morgan fingerprint density at radius 2 is 2.10 bits per heavy atom. The zero-order valence-electron chi connectivity index (χ0n) is 12.0. The molecule has 2 rings (SSSR count). The van der Waals surface area contributed by atoms with Crippen LogP contribution in [-0.4, -0.2) is 26.7 Å². The fraction of sp³-hybridized carbons (Fsp3) is 0.400. The van der Waals surface area contributed by atoms with Gasteiger partial charge in [-0.15, -0.1) is 5.10 Å². The van der Waals surface area contributed by atoms with E-state index in [1.807, 2.05) is 30.3 Å². The van der Waals surface area contributed by atoms with Gasteiger partial charge in [0, 0.05) is 13.2 Å². The molecule has 1 heterocycles. The molecule has 0 spiro atoms. The molecule has 1 aromatic heterocycles. The predicted molar refractivity (Wildman–Crippen MR) is 76.6 cm³/mol. The summed E-state index contributed by atoms with van der Waals surface area (Å²) < 4.78 is 7.30. The van der Waals surface area contributed by atoms with Crippen molar-refractivity contribution in [2.24, 2.45) is 0 Å². The standard InChI is InChI=1S/C15H18N4O2/c1-2-12-4-6-13(7-5-12)21-11-15-14(10-16)17-18-19(15)8-3-9-20/h4-7,20H,2-3,8-9,11H2,1H3. The van der Waals surface area contributed by atoms with E-state index >= 15 is 0 Å². The topological polar surface area (TPSA) is 84.0 Å². The zero-order chi connectivity index (χ0) is 15.1. The molecular weight excluding hydrogens is 268 g/mol. The largest absolute Gasteiger partial charge is 0.487 e. The molecule has 1 N–H and O–H groups in total. The van der Waals surface area contributed by atoms with Crippen molar-refractivity contribution in [1.82, 2.24) is 15.0 Å². The van der Waals surface area contributed by atoms with Crippen LogP contribution in [0.1, 0.15) is 30.3 Å².